The van der Waals surface area contributed by atoms with E-state index in [-0.39, 0.29) is 0 Å². The Bertz CT molecular complexity index is 567. The van der Waals surface area contributed by atoms with E-state index >= 15 is 0 Å². The van der Waals surface area contributed by atoms with Crippen LogP contribution in [0.25, 0.3) is 10.9 Å². The van der Waals surface area contributed by atoms with Crippen LogP contribution in [0.1, 0.15) is 24.1 Å². The van der Waals surface area contributed by atoms with E-state index in [4.69, 9.17) is 4.74 Å². The molecule has 0 aliphatic carbocycles. The molecule has 1 atom stereocenters. The summed E-state index contributed by atoms with van der Waals surface area (Å²) in [6.07, 6.45) is 3.72. The first-order chi connectivity index (χ1) is 9.28. The Morgan fingerprint density at radius 3 is 3.00 bits per heavy atom. The summed E-state index contributed by atoms with van der Waals surface area (Å²) in [7, 11) is 1.78. The second-order valence-electron chi connectivity index (χ2n) is 5.59. The largest absolute Gasteiger partial charge is 0.496 e. The molecule has 2 aromatic rings. The molecule has 2 N–H and O–H groups in total. The van der Waals surface area contributed by atoms with Gasteiger partial charge in [0.25, 0.3) is 0 Å². The van der Waals surface area contributed by atoms with Gasteiger partial charge in [0.1, 0.15) is 5.75 Å². The normalized spacial score (nSPS) is 19.8. The van der Waals surface area contributed by atoms with Gasteiger partial charge in [0.15, 0.2) is 0 Å². The number of piperidine rings is 1. The van der Waals surface area contributed by atoms with Crippen molar-refractivity contribution in [3.63, 3.8) is 0 Å². The highest BCUT2D eigenvalue weighted by Gasteiger charge is 2.17. The van der Waals surface area contributed by atoms with Gasteiger partial charge in [-0.15, -0.1) is 0 Å². The standard InChI is InChI=1S/C16H22N2O/c1-11-8-14-15(18-11)6-5-13(16(14)19-2)9-12-4-3-7-17-10-12/h5-6,8,12,17-18H,3-4,7,9-10H2,1-2H3. The number of nitrogens with one attached hydrogen (secondary N) is 2. The Labute approximate surface area is 114 Å². The summed E-state index contributed by atoms with van der Waals surface area (Å²) in [5.41, 5.74) is 3.69. The summed E-state index contributed by atoms with van der Waals surface area (Å²) in [5, 5.41) is 4.70. The van der Waals surface area contributed by atoms with Gasteiger partial charge in [0.2, 0.25) is 0 Å². The number of fused-ring (bicyclic) bond motifs is 1. The van der Waals surface area contributed by atoms with Gasteiger partial charge in [0, 0.05) is 16.6 Å². The van der Waals surface area contributed by atoms with Crippen LogP contribution in [0.2, 0.25) is 0 Å². The molecule has 1 aliphatic heterocycles. The van der Waals surface area contributed by atoms with Crippen molar-refractivity contribution < 1.29 is 4.74 Å². The van der Waals surface area contributed by atoms with Crippen molar-refractivity contribution in [3.05, 3.63) is 29.5 Å². The van der Waals surface area contributed by atoms with Crippen molar-refractivity contribution in [1.82, 2.24) is 10.3 Å². The zero-order valence-electron chi connectivity index (χ0n) is 11.8. The number of aromatic amines is 1. The lowest BCUT2D eigenvalue weighted by Crippen LogP contribution is -2.30. The average Bonchev–Trinajstić information content (AvgIpc) is 2.80. The average molecular weight is 258 g/mol. The van der Waals surface area contributed by atoms with Crippen molar-refractivity contribution in [2.45, 2.75) is 26.2 Å². The predicted octanol–water partition coefficient (Wildman–Crippen LogP) is 3.03. The Morgan fingerprint density at radius 1 is 1.37 bits per heavy atom. The minimum atomic E-state index is 0.736. The van der Waals surface area contributed by atoms with Gasteiger partial charge in [0.05, 0.1) is 7.11 Å². The first kappa shape index (κ1) is 12.5. The number of benzene rings is 1. The van der Waals surface area contributed by atoms with Crippen molar-refractivity contribution in [1.29, 1.82) is 0 Å². The molecule has 3 nitrogen and oxygen atoms in total. The maximum atomic E-state index is 5.67. The van der Waals surface area contributed by atoms with Crippen LogP contribution in [-0.2, 0) is 6.42 Å². The van der Waals surface area contributed by atoms with Gasteiger partial charge in [-0.05, 0) is 62.9 Å². The van der Waals surface area contributed by atoms with E-state index in [1.807, 2.05) is 0 Å². The molecule has 0 bridgehead atoms. The summed E-state index contributed by atoms with van der Waals surface area (Å²) < 4.78 is 5.67. The monoisotopic (exact) mass is 258 g/mol. The van der Waals surface area contributed by atoms with E-state index in [1.165, 1.54) is 41.5 Å². The van der Waals surface area contributed by atoms with E-state index in [0.717, 1.165) is 24.6 Å². The van der Waals surface area contributed by atoms with Crippen LogP contribution in [0, 0.1) is 12.8 Å². The molecule has 1 saturated heterocycles. The molecule has 0 spiro atoms. The highest BCUT2D eigenvalue weighted by atomic mass is 16.5. The topological polar surface area (TPSA) is 37.0 Å². The zero-order valence-corrected chi connectivity index (χ0v) is 11.8. The molecule has 19 heavy (non-hydrogen) atoms. The zero-order chi connectivity index (χ0) is 13.2. The van der Waals surface area contributed by atoms with Gasteiger partial charge >= 0.3 is 0 Å². The molecule has 1 aliphatic rings. The highest BCUT2D eigenvalue weighted by molar-refractivity contribution is 5.88. The van der Waals surface area contributed by atoms with Crippen LogP contribution >= 0.6 is 0 Å². The molecule has 1 aromatic carbocycles. The lowest BCUT2D eigenvalue weighted by atomic mass is 9.91. The molecule has 1 fully saturated rings. The number of methoxy groups -OCH3 is 1. The van der Waals surface area contributed by atoms with E-state index in [9.17, 15) is 0 Å². The number of hydrogen-bond donors (Lipinski definition) is 2. The number of hydrogen-bond acceptors (Lipinski definition) is 2. The third kappa shape index (κ3) is 2.47. The Balaban J connectivity index is 1.93. The molecular formula is C16H22N2O. The molecule has 0 radical (unpaired) electrons. The molecule has 1 unspecified atom stereocenters. The minimum Gasteiger partial charge on any atom is -0.496 e. The third-order valence-electron chi connectivity index (χ3n) is 4.08. The summed E-state index contributed by atoms with van der Waals surface area (Å²) in [4.78, 5) is 3.37. The van der Waals surface area contributed by atoms with Crippen molar-refractivity contribution in [2.75, 3.05) is 20.2 Å². The Morgan fingerprint density at radius 2 is 2.26 bits per heavy atom. The highest BCUT2D eigenvalue weighted by Crippen LogP contribution is 2.32. The lowest BCUT2D eigenvalue weighted by Gasteiger charge is -2.23. The third-order valence-corrected chi connectivity index (χ3v) is 4.08. The first-order valence-corrected chi connectivity index (χ1v) is 7.14. The first-order valence-electron chi connectivity index (χ1n) is 7.14. The quantitative estimate of drug-likeness (QED) is 0.888. The van der Waals surface area contributed by atoms with Crippen LogP contribution in [0.15, 0.2) is 18.2 Å². The van der Waals surface area contributed by atoms with Gasteiger partial charge in [-0.25, -0.2) is 0 Å². The smallest absolute Gasteiger partial charge is 0.131 e. The fourth-order valence-corrected chi connectivity index (χ4v) is 3.17. The molecular weight excluding hydrogens is 236 g/mol. The summed E-state index contributed by atoms with van der Waals surface area (Å²) >= 11 is 0. The van der Waals surface area contributed by atoms with Crippen molar-refractivity contribution in [3.8, 4) is 5.75 Å². The summed E-state index contributed by atoms with van der Waals surface area (Å²) in [5.74, 6) is 1.78. The SMILES string of the molecule is COc1c(CC2CCCNC2)ccc2[nH]c(C)cc12. The molecule has 2 heterocycles. The van der Waals surface area contributed by atoms with Gasteiger partial charge in [-0.2, -0.15) is 0 Å². The summed E-state index contributed by atoms with van der Waals surface area (Å²) in [6.45, 7) is 4.39. The number of H-pyrrole nitrogens is 1. The van der Waals surface area contributed by atoms with Crippen LogP contribution in [0.4, 0.5) is 0 Å². The van der Waals surface area contributed by atoms with E-state index in [1.54, 1.807) is 7.11 Å². The van der Waals surface area contributed by atoms with Crippen LogP contribution < -0.4 is 10.1 Å². The molecule has 102 valence electrons. The Kier molecular flexibility index (Phi) is 3.47. The number of rotatable bonds is 3. The van der Waals surface area contributed by atoms with E-state index in [2.05, 4.69) is 35.4 Å². The van der Waals surface area contributed by atoms with E-state index in [0.29, 0.717) is 0 Å². The van der Waals surface area contributed by atoms with Gasteiger partial charge in [-0.1, -0.05) is 6.07 Å². The molecule has 1 aromatic heterocycles. The van der Waals surface area contributed by atoms with Crippen LogP contribution in [0.3, 0.4) is 0 Å². The van der Waals surface area contributed by atoms with Crippen molar-refractivity contribution in [2.24, 2.45) is 5.92 Å². The van der Waals surface area contributed by atoms with Crippen LogP contribution in [-0.4, -0.2) is 25.2 Å². The minimum absolute atomic E-state index is 0.736. The number of aromatic nitrogens is 1. The van der Waals surface area contributed by atoms with Gasteiger partial charge < -0.3 is 15.0 Å². The van der Waals surface area contributed by atoms with Crippen molar-refractivity contribution >= 4 is 10.9 Å². The van der Waals surface area contributed by atoms with Crippen LogP contribution in [0.5, 0.6) is 5.75 Å². The lowest BCUT2D eigenvalue weighted by molar-refractivity contribution is 0.365. The fourth-order valence-electron chi connectivity index (χ4n) is 3.17. The maximum Gasteiger partial charge on any atom is 0.131 e. The second-order valence-corrected chi connectivity index (χ2v) is 5.59. The predicted molar refractivity (Wildman–Crippen MR) is 78.9 cm³/mol. The Hall–Kier alpha value is -1.48. The number of ether oxygens (including phenoxy) is 1. The molecule has 3 heteroatoms. The molecule has 3 rings (SSSR count). The number of aryl methyl sites for hydroxylation is 1. The maximum absolute atomic E-state index is 5.67. The molecule has 0 saturated carbocycles. The molecule has 0 amide bonds. The van der Waals surface area contributed by atoms with E-state index < -0.39 is 0 Å². The fraction of sp³-hybridized carbons (Fsp3) is 0.500. The second kappa shape index (κ2) is 5.25. The van der Waals surface area contributed by atoms with Gasteiger partial charge in [-0.3, -0.25) is 0 Å². The summed E-state index contributed by atoms with van der Waals surface area (Å²) in [6, 6.07) is 6.57.